The Kier molecular flexibility index (Phi) is 4.48. The van der Waals surface area contributed by atoms with Crippen LogP contribution in [0.2, 0.25) is 0 Å². The van der Waals surface area contributed by atoms with E-state index in [0.29, 0.717) is 5.69 Å². The number of carbonyl (C=O) groups is 1. The van der Waals surface area contributed by atoms with Gasteiger partial charge in [-0.05, 0) is 42.8 Å². The van der Waals surface area contributed by atoms with Crippen molar-refractivity contribution in [3.8, 4) is 17.0 Å². The third-order valence-electron chi connectivity index (χ3n) is 3.88. The Bertz CT molecular complexity index is 869. The standard InChI is InChI=1S/C18H20N4O2/c1-3-15-18(12-4-7-14(24-2)8-5-12)21-16-9-6-13(11-22(15)16)20-17(23)10-19/h4-9,11H,3,10,19H2,1-2H3,(H,20,23). The summed E-state index contributed by atoms with van der Waals surface area (Å²) in [5.41, 5.74) is 9.93. The normalized spacial score (nSPS) is 10.8. The lowest BCUT2D eigenvalue weighted by Gasteiger charge is -2.06. The number of nitrogens with zero attached hydrogens (tertiary/aromatic N) is 2. The molecule has 1 aromatic carbocycles. The van der Waals surface area contributed by atoms with Gasteiger partial charge in [-0.15, -0.1) is 0 Å². The zero-order chi connectivity index (χ0) is 17.1. The quantitative estimate of drug-likeness (QED) is 0.755. The number of pyridine rings is 1. The number of aryl methyl sites for hydroxylation is 1. The number of nitrogens with one attached hydrogen (secondary N) is 1. The molecule has 24 heavy (non-hydrogen) atoms. The van der Waals surface area contributed by atoms with E-state index in [0.717, 1.165) is 34.8 Å². The van der Waals surface area contributed by atoms with E-state index < -0.39 is 0 Å². The van der Waals surface area contributed by atoms with E-state index in [4.69, 9.17) is 15.5 Å². The van der Waals surface area contributed by atoms with Crippen LogP contribution in [0.25, 0.3) is 16.9 Å². The van der Waals surface area contributed by atoms with Crippen molar-refractivity contribution in [3.05, 3.63) is 48.3 Å². The number of anilines is 1. The molecule has 6 heteroatoms. The Hall–Kier alpha value is -2.86. The average Bonchev–Trinajstić information content (AvgIpc) is 2.99. The topological polar surface area (TPSA) is 81.6 Å². The SMILES string of the molecule is CCc1c(-c2ccc(OC)cc2)nc2ccc(NC(=O)CN)cn12. The fourth-order valence-corrected chi connectivity index (χ4v) is 2.70. The maximum Gasteiger partial charge on any atom is 0.238 e. The van der Waals surface area contributed by atoms with Crippen molar-refractivity contribution in [3.63, 3.8) is 0 Å². The third-order valence-corrected chi connectivity index (χ3v) is 3.88. The van der Waals surface area contributed by atoms with Crippen molar-refractivity contribution in [1.82, 2.24) is 9.38 Å². The molecule has 0 radical (unpaired) electrons. The van der Waals surface area contributed by atoms with Gasteiger partial charge < -0.3 is 20.2 Å². The molecule has 3 aromatic rings. The van der Waals surface area contributed by atoms with E-state index in [1.807, 2.05) is 47.0 Å². The Morgan fingerprint density at radius 3 is 2.62 bits per heavy atom. The first-order valence-electron chi connectivity index (χ1n) is 7.81. The molecule has 6 nitrogen and oxygen atoms in total. The summed E-state index contributed by atoms with van der Waals surface area (Å²) in [6.07, 6.45) is 2.69. The van der Waals surface area contributed by atoms with E-state index in [2.05, 4.69) is 12.2 Å². The second kappa shape index (κ2) is 6.72. The highest BCUT2D eigenvalue weighted by molar-refractivity contribution is 5.92. The summed E-state index contributed by atoms with van der Waals surface area (Å²) in [5, 5.41) is 2.77. The zero-order valence-electron chi connectivity index (χ0n) is 13.7. The second-order valence-corrected chi connectivity index (χ2v) is 5.39. The molecular formula is C18H20N4O2. The largest absolute Gasteiger partial charge is 0.497 e. The van der Waals surface area contributed by atoms with Gasteiger partial charge in [0.05, 0.1) is 30.7 Å². The van der Waals surface area contributed by atoms with Crippen LogP contribution in [0.15, 0.2) is 42.6 Å². The van der Waals surface area contributed by atoms with Crippen LogP contribution in [0, 0.1) is 0 Å². The number of fused-ring (bicyclic) bond motifs is 1. The van der Waals surface area contributed by atoms with Crippen molar-refractivity contribution < 1.29 is 9.53 Å². The summed E-state index contributed by atoms with van der Waals surface area (Å²) in [6, 6.07) is 11.6. The predicted molar refractivity (Wildman–Crippen MR) is 94.2 cm³/mol. The molecule has 0 spiro atoms. The molecular weight excluding hydrogens is 304 g/mol. The molecule has 3 N–H and O–H groups in total. The highest BCUT2D eigenvalue weighted by Gasteiger charge is 2.13. The van der Waals surface area contributed by atoms with Gasteiger partial charge in [-0.3, -0.25) is 4.79 Å². The molecule has 0 saturated heterocycles. The van der Waals surface area contributed by atoms with E-state index in [9.17, 15) is 4.79 Å². The van der Waals surface area contributed by atoms with Crippen LogP contribution < -0.4 is 15.8 Å². The molecule has 2 heterocycles. The third kappa shape index (κ3) is 2.96. The monoisotopic (exact) mass is 324 g/mol. The molecule has 0 saturated carbocycles. The van der Waals surface area contributed by atoms with Crippen LogP contribution in [-0.4, -0.2) is 28.9 Å². The van der Waals surface area contributed by atoms with Crippen molar-refractivity contribution in [2.45, 2.75) is 13.3 Å². The number of benzene rings is 1. The van der Waals surface area contributed by atoms with E-state index in [-0.39, 0.29) is 12.5 Å². The zero-order valence-corrected chi connectivity index (χ0v) is 13.7. The van der Waals surface area contributed by atoms with E-state index in [1.165, 1.54) is 0 Å². The summed E-state index contributed by atoms with van der Waals surface area (Å²) in [4.78, 5) is 16.2. The maximum absolute atomic E-state index is 11.5. The Balaban J connectivity index is 2.06. The molecule has 1 amide bonds. The maximum atomic E-state index is 11.5. The highest BCUT2D eigenvalue weighted by atomic mass is 16.5. The Morgan fingerprint density at radius 2 is 2.00 bits per heavy atom. The molecule has 2 aromatic heterocycles. The molecule has 3 rings (SSSR count). The first-order valence-corrected chi connectivity index (χ1v) is 7.81. The number of nitrogens with two attached hydrogens (primary N) is 1. The van der Waals surface area contributed by atoms with E-state index >= 15 is 0 Å². The van der Waals surface area contributed by atoms with Gasteiger partial charge in [-0.2, -0.15) is 0 Å². The number of ether oxygens (including phenoxy) is 1. The summed E-state index contributed by atoms with van der Waals surface area (Å²) in [5.74, 6) is 0.593. The fourth-order valence-electron chi connectivity index (χ4n) is 2.70. The van der Waals surface area contributed by atoms with Crippen molar-refractivity contribution >= 4 is 17.2 Å². The minimum absolute atomic E-state index is 0.0420. The molecule has 0 aliphatic heterocycles. The van der Waals surface area contributed by atoms with Crippen LogP contribution in [-0.2, 0) is 11.2 Å². The highest BCUT2D eigenvalue weighted by Crippen LogP contribution is 2.27. The Morgan fingerprint density at radius 1 is 1.25 bits per heavy atom. The second-order valence-electron chi connectivity index (χ2n) is 5.39. The summed E-state index contributed by atoms with van der Waals surface area (Å²) < 4.78 is 7.21. The van der Waals surface area contributed by atoms with Gasteiger partial charge in [0.25, 0.3) is 0 Å². The average molecular weight is 324 g/mol. The number of imidazole rings is 1. The van der Waals surface area contributed by atoms with Gasteiger partial charge in [0, 0.05) is 11.8 Å². The number of hydrogen-bond acceptors (Lipinski definition) is 4. The minimum atomic E-state index is -0.220. The minimum Gasteiger partial charge on any atom is -0.497 e. The Labute approximate surface area is 140 Å². The summed E-state index contributed by atoms with van der Waals surface area (Å²) in [7, 11) is 1.65. The van der Waals surface area contributed by atoms with Crippen molar-refractivity contribution in [1.29, 1.82) is 0 Å². The van der Waals surface area contributed by atoms with Crippen LogP contribution in [0.3, 0.4) is 0 Å². The van der Waals surface area contributed by atoms with Crippen LogP contribution in [0.4, 0.5) is 5.69 Å². The lowest BCUT2D eigenvalue weighted by Crippen LogP contribution is -2.21. The number of carbonyl (C=O) groups excluding carboxylic acids is 1. The number of amides is 1. The first kappa shape index (κ1) is 16.0. The van der Waals surface area contributed by atoms with Gasteiger partial charge in [0.15, 0.2) is 0 Å². The molecule has 0 aliphatic rings. The summed E-state index contributed by atoms with van der Waals surface area (Å²) >= 11 is 0. The van der Waals surface area contributed by atoms with Crippen LogP contribution >= 0.6 is 0 Å². The molecule has 0 atom stereocenters. The van der Waals surface area contributed by atoms with Crippen molar-refractivity contribution in [2.75, 3.05) is 19.0 Å². The van der Waals surface area contributed by atoms with Gasteiger partial charge in [-0.1, -0.05) is 6.92 Å². The number of rotatable bonds is 5. The molecule has 0 aliphatic carbocycles. The molecule has 0 fully saturated rings. The molecule has 0 bridgehead atoms. The van der Waals surface area contributed by atoms with Gasteiger partial charge >= 0.3 is 0 Å². The smallest absolute Gasteiger partial charge is 0.238 e. The number of methoxy groups -OCH3 is 1. The van der Waals surface area contributed by atoms with Crippen LogP contribution in [0.1, 0.15) is 12.6 Å². The van der Waals surface area contributed by atoms with Gasteiger partial charge in [-0.25, -0.2) is 4.98 Å². The first-order chi connectivity index (χ1) is 11.7. The van der Waals surface area contributed by atoms with Crippen LogP contribution in [0.5, 0.6) is 5.75 Å². The lowest BCUT2D eigenvalue weighted by molar-refractivity contribution is -0.114. The lowest BCUT2D eigenvalue weighted by atomic mass is 10.1. The molecule has 0 unspecified atom stereocenters. The van der Waals surface area contributed by atoms with Gasteiger partial charge in [0.1, 0.15) is 11.4 Å². The summed E-state index contributed by atoms with van der Waals surface area (Å²) in [6.45, 7) is 2.04. The van der Waals surface area contributed by atoms with Crippen molar-refractivity contribution in [2.24, 2.45) is 5.73 Å². The predicted octanol–water partition coefficient (Wildman–Crippen LogP) is 2.47. The van der Waals surface area contributed by atoms with Gasteiger partial charge in [0.2, 0.25) is 5.91 Å². The fraction of sp³-hybridized carbons (Fsp3) is 0.222. The van der Waals surface area contributed by atoms with E-state index in [1.54, 1.807) is 7.11 Å². The number of aromatic nitrogens is 2. The molecule has 124 valence electrons. The number of hydrogen-bond donors (Lipinski definition) is 2.